The number of piperidine rings is 1. The Kier molecular flexibility index (Phi) is 38.3. The molecule has 17 aromatic rings. The van der Waals surface area contributed by atoms with E-state index in [-0.39, 0.29) is 39.2 Å². The number of unbranched alkanes of at least 4 members (excludes halogenated alkanes) is 1. The molecule has 1 saturated carbocycles. The molecule has 0 bridgehead atoms. The van der Waals surface area contributed by atoms with E-state index in [0.29, 0.717) is 83.6 Å². The first-order valence-electron chi connectivity index (χ1n) is 52.2. The summed E-state index contributed by atoms with van der Waals surface area (Å²) >= 11 is 0. The van der Waals surface area contributed by atoms with Gasteiger partial charge in [-0.3, -0.25) is 0 Å². The molecule has 1 aliphatic heterocycles. The van der Waals surface area contributed by atoms with E-state index in [1.165, 1.54) is 56.9 Å². The van der Waals surface area contributed by atoms with Crippen molar-refractivity contribution in [2.24, 2.45) is 0 Å². The molecule has 5 N–H and O–H groups in total. The minimum Gasteiger partial charge on any atom is -0.469 e. The van der Waals surface area contributed by atoms with Crippen LogP contribution in [-0.2, 0) is 6.54 Å². The van der Waals surface area contributed by atoms with Gasteiger partial charge in [0.1, 0.15) is 39.2 Å². The van der Waals surface area contributed by atoms with Gasteiger partial charge in [-0.15, -0.1) is 6.58 Å². The predicted molar refractivity (Wildman–Crippen MR) is 616 cm³/mol. The van der Waals surface area contributed by atoms with Gasteiger partial charge < -0.3 is 69.5 Å². The molecule has 0 amide bonds. The molecule has 1 saturated heterocycles. The van der Waals surface area contributed by atoms with Gasteiger partial charge in [0, 0.05) is 57.2 Å². The lowest BCUT2D eigenvalue weighted by molar-refractivity contribution is 0.124. The third-order valence-electron chi connectivity index (χ3n) is 22.2. The van der Waals surface area contributed by atoms with Gasteiger partial charge in [-0.25, -0.2) is 69.8 Å². The van der Waals surface area contributed by atoms with Crippen LogP contribution in [0, 0.1) is 0 Å². The van der Waals surface area contributed by atoms with Crippen molar-refractivity contribution >= 4 is 129 Å². The second-order valence-corrected chi connectivity index (χ2v) is 43.7. The van der Waals surface area contributed by atoms with Crippen molar-refractivity contribution in [1.29, 1.82) is 0 Å². The maximum Gasteiger partial charge on any atom is 0.259 e. The number of para-hydroxylation sites is 16. The molecule has 0 radical (unpaired) electrons. The van der Waals surface area contributed by atoms with Crippen LogP contribution >= 0.6 is 0 Å². The highest BCUT2D eigenvalue weighted by atomic mass is 16.5. The minimum atomic E-state index is -0.344. The minimum absolute atomic E-state index is 0.276. The molecule has 2 aliphatic rings. The number of ether oxygens (including phenoxy) is 7. The van der Waals surface area contributed by atoms with E-state index in [2.05, 4.69) is 107 Å². The molecule has 28 nitrogen and oxygen atoms in total. The summed E-state index contributed by atoms with van der Waals surface area (Å²) in [5, 5.41) is 16.7. The van der Waals surface area contributed by atoms with E-state index in [1.54, 1.807) is 6.08 Å². The summed E-state index contributed by atoms with van der Waals surface area (Å²) in [6, 6.07) is 85.6. The molecule has 0 atom stereocenters. The number of hydrogen-bond acceptors (Lipinski definition) is 28. The Hall–Kier alpha value is -15.5. The lowest BCUT2D eigenvalue weighted by atomic mass is 9.95. The summed E-state index contributed by atoms with van der Waals surface area (Å²) in [6.07, 6.45) is 14.0. The van der Waals surface area contributed by atoms with Crippen LogP contribution in [0.1, 0.15) is 222 Å². The Bertz CT molecular complexity index is 7210. The highest BCUT2D eigenvalue weighted by molar-refractivity contribution is 5.84. The van der Waals surface area contributed by atoms with Crippen molar-refractivity contribution in [3.05, 3.63) is 279 Å². The van der Waals surface area contributed by atoms with Crippen molar-refractivity contribution in [2.45, 2.75) is 268 Å². The highest BCUT2D eigenvalue weighted by Gasteiger charge is 2.29. The third-order valence-corrected chi connectivity index (χ3v) is 22.2. The molecule has 1 aliphatic carbocycles. The van der Waals surface area contributed by atoms with Gasteiger partial charge in [0.05, 0.1) is 77.2 Å². The number of aromatic nitrogens is 14. The van der Waals surface area contributed by atoms with Crippen LogP contribution in [0.4, 0.5) is 52.1 Å². The van der Waals surface area contributed by atoms with Crippen LogP contribution < -0.4 is 69.5 Å². The van der Waals surface area contributed by atoms with E-state index in [4.69, 9.17) is 53.1 Å². The van der Waals surface area contributed by atoms with Crippen LogP contribution in [0.3, 0.4) is 0 Å². The average Bonchev–Trinajstić information content (AvgIpc) is 0.804. The van der Waals surface area contributed by atoms with Crippen LogP contribution in [0.2, 0.25) is 0 Å². The van der Waals surface area contributed by atoms with Crippen molar-refractivity contribution < 1.29 is 33.2 Å². The SMILES string of the molecule is C=CCNc1nc2ccccc2nc1OC(C)(C)C.CC(C)(C)Oc1nc2ccccc2nc1N1CCCCC1.CC(C)(C)Oc1nc2ccccc2nc1NC1CCCCC1.CC(C)(C)Oc1nc2ccccc2nc1NCc1ccccc1.CC(C)(C)Oc1nc2ccccc2nc1Nc1ccccc1.CCCCNc1nc2ccccc2nc1OC(C)(C)C.CN(c1ccccc1)c1nc2ccccc2nc1OC(C)(C)C. The molecule has 19 rings (SSSR count). The number of nitrogens with zero attached hydrogens (tertiary/aromatic N) is 16. The number of fused-ring (bicyclic) bond motifs is 7. The Balaban J connectivity index is 0.000000146. The zero-order chi connectivity index (χ0) is 107. The second kappa shape index (κ2) is 51.4. The molecule has 10 aromatic carbocycles. The lowest BCUT2D eigenvalue weighted by Gasteiger charge is -2.30. The topological polar surface area (TPSA) is 312 Å². The fraction of sp³-hybridized carbons (Fsp3) is 0.377. The van der Waals surface area contributed by atoms with E-state index < -0.39 is 0 Å². The van der Waals surface area contributed by atoms with Crippen molar-refractivity contribution in [1.82, 2.24) is 69.8 Å². The quantitative estimate of drug-likeness (QED) is 0.0277. The molecule has 150 heavy (non-hydrogen) atoms. The Morgan fingerprint density at radius 3 is 0.973 bits per heavy atom. The zero-order valence-corrected chi connectivity index (χ0v) is 91.8. The predicted octanol–water partition coefficient (Wildman–Crippen LogP) is 29.3. The van der Waals surface area contributed by atoms with Gasteiger partial charge >= 0.3 is 0 Å². The first-order valence-corrected chi connectivity index (χ1v) is 52.2. The highest BCUT2D eigenvalue weighted by Crippen LogP contribution is 2.39. The third kappa shape index (κ3) is 35.4. The normalized spacial score (nSPS) is 12.9. The Labute approximate surface area is 885 Å². The molecule has 8 heterocycles. The fourth-order valence-corrected chi connectivity index (χ4v) is 15.6. The van der Waals surface area contributed by atoms with Gasteiger partial charge in [-0.1, -0.05) is 190 Å². The van der Waals surface area contributed by atoms with E-state index in [0.717, 1.165) is 139 Å². The maximum atomic E-state index is 6.08. The molecular formula is C122H151N21O7. The average molecular weight is 2020 g/mol. The summed E-state index contributed by atoms with van der Waals surface area (Å²) in [6.45, 7) is 52.4. The monoisotopic (exact) mass is 2020 g/mol. The second-order valence-electron chi connectivity index (χ2n) is 43.7. The first kappa shape index (κ1) is 112. The fourth-order valence-electron chi connectivity index (χ4n) is 15.6. The van der Waals surface area contributed by atoms with Gasteiger partial charge in [0.15, 0.2) is 40.7 Å². The molecule has 0 unspecified atom stereocenters. The molecule has 2 fully saturated rings. The van der Waals surface area contributed by atoms with E-state index >= 15 is 0 Å². The van der Waals surface area contributed by atoms with Gasteiger partial charge in [0.25, 0.3) is 41.2 Å². The van der Waals surface area contributed by atoms with Gasteiger partial charge in [-0.05, 0) is 299 Å². The smallest absolute Gasteiger partial charge is 0.259 e. The zero-order valence-electron chi connectivity index (χ0n) is 91.8. The molecule has 28 heteroatoms. The lowest BCUT2D eigenvalue weighted by Crippen LogP contribution is -2.32. The number of rotatable bonds is 24. The maximum absolute atomic E-state index is 6.08. The number of benzene rings is 10. The molecule has 0 spiro atoms. The summed E-state index contributed by atoms with van der Waals surface area (Å²) in [4.78, 5) is 69.6. The van der Waals surface area contributed by atoms with E-state index in [9.17, 15) is 0 Å². The summed E-state index contributed by atoms with van der Waals surface area (Å²) in [5.74, 6) is 9.00. The molecule has 786 valence electrons. The van der Waals surface area contributed by atoms with Crippen LogP contribution in [-0.4, -0.2) is 148 Å². The van der Waals surface area contributed by atoms with Gasteiger partial charge in [-0.2, -0.15) is 0 Å². The Morgan fingerprint density at radius 2 is 0.593 bits per heavy atom. The number of hydrogen-bond donors (Lipinski definition) is 5. The summed E-state index contributed by atoms with van der Waals surface area (Å²) < 4.78 is 42.0. The largest absolute Gasteiger partial charge is 0.469 e. The summed E-state index contributed by atoms with van der Waals surface area (Å²) in [7, 11) is 1.98. The standard InChI is InChI=1S/2C19H21N3O.C18H25N3O.C18H19N3O.C17H23N3O.C16H23N3O.C15H19N3O/c1-19(2,3)23-18-17(22(4)14-10-6-5-7-11-14)20-15-12-8-9-13-16(15)21-18;1-19(2,3)23-18-17(20-13-14-9-5-4-6-10-14)21-15-11-7-8-12-16(15)22-18;2*1-18(2,3)22-17-16(19-13-9-5-4-6-10-13)20-14-11-7-8-12-15(14)21-17;1-17(2,3)21-16-15(20-11-7-4-8-12-20)18-13-9-5-6-10-14(13)19-16;1-5-6-11-17-14-15(20-16(2,3)4)19-13-10-8-7-9-12(13)18-14;1-5-10-16-13-14(19-15(2,3)4)18-12-9-7-6-8-11(12)17-13/h5-13H,1-4H3;4-12H,13H2,1-3H3,(H,20,21);7-8,11-13H,4-6,9-10H2,1-3H3,(H,19,20);4-12H,1-3H3,(H,19,20);5-6,9-10H,4,7-8,11-12H2,1-3H3;7-10H,5-6,11H2,1-4H3,(H,17,18);5-9H,1,10H2,2-4H3,(H,16,17). The summed E-state index contributed by atoms with van der Waals surface area (Å²) in [5.41, 5.74) is 13.0. The molecular weight excluding hydrogens is 1870 g/mol. The van der Waals surface area contributed by atoms with Crippen molar-refractivity contribution in [3.63, 3.8) is 0 Å². The Morgan fingerprint density at radius 1 is 0.307 bits per heavy atom. The first-order chi connectivity index (χ1) is 71.5. The van der Waals surface area contributed by atoms with Crippen LogP contribution in [0.15, 0.2) is 274 Å². The number of nitrogens with one attached hydrogen (secondary N) is 5. The van der Waals surface area contributed by atoms with Gasteiger partial charge in [0.2, 0.25) is 0 Å². The molecule has 7 aromatic heterocycles. The van der Waals surface area contributed by atoms with Crippen molar-refractivity contribution in [3.8, 4) is 41.2 Å². The van der Waals surface area contributed by atoms with Crippen LogP contribution in [0.25, 0.3) is 77.2 Å². The number of anilines is 9. The van der Waals surface area contributed by atoms with E-state index in [1.807, 2.05) is 406 Å². The van der Waals surface area contributed by atoms with Crippen LogP contribution in [0.5, 0.6) is 41.2 Å². The van der Waals surface area contributed by atoms with Crippen molar-refractivity contribution in [2.75, 3.05) is 69.6 Å².